The average molecular weight is 329 g/mol. The summed E-state index contributed by atoms with van der Waals surface area (Å²) in [6.07, 6.45) is 7.40. The molecule has 0 spiro atoms. The summed E-state index contributed by atoms with van der Waals surface area (Å²) >= 11 is 0. The fraction of sp³-hybridized carbons (Fsp3) is 0.750. The van der Waals surface area contributed by atoms with E-state index in [9.17, 15) is 4.79 Å². The van der Waals surface area contributed by atoms with Crippen LogP contribution in [-0.2, 0) is 11.2 Å². The lowest BCUT2D eigenvalue weighted by Crippen LogP contribution is -2.47. The molecule has 0 radical (unpaired) electrons. The number of piperidine rings is 1. The Balaban J connectivity index is 0.00000242. The third-order valence-corrected chi connectivity index (χ3v) is 4.35. The summed E-state index contributed by atoms with van der Waals surface area (Å²) in [6, 6.07) is 0.895. The number of imidazole rings is 1. The van der Waals surface area contributed by atoms with Gasteiger partial charge in [0, 0.05) is 50.4 Å². The summed E-state index contributed by atoms with van der Waals surface area (Å²) < 4.78 is 2.14. The third kappa shape index (κ3) is 4.71. The summed E-state index contributed by atoms with van der Waals surface area (Å²) in [5.41, 5.74) is 0. The van der Waals surface area contributed by atoms with Crippen LogP contribution in [0.5, 0.6) is 0 Å². The van der Waals surface area contributed by atoms with Crippen molar-refractivity contribution in [3.8, 4) is 0 Å². The van der Waals surface area contributed by atoms with E-state index in [1.807, 2.05) is 17.3 Å². The summed E-state index contributed by atoms with van der Waals surface area (Å²) in [7, 11) is 4.19. The number of hydrogen-bond acceptors (Lipinski definition) is 3. The molecule has 126 valence electrons. The molecule has 1 aliphatic heterocycles. The second-order valence-corrected chi connectivity index (χ2v) is 6.44. The predicted molar refractivity (Wildman–Crippen MR) is 91.5 cm³/mol. The molecule has 6 heteroatoms. The molecule has 1 saturated heterocycles. The fourth-order valence-electron chi connectivity index (χ4n) is 2.99. The number of carbonyl (C=O) groups excluding carboxylic acids is 1. The van der Waals surface area contributed by atoms with Crippen molar-refractivity contribution in [3.63, 3.8) is 0 Å². The zero-order valence-electron chi connectivity index (χ0n) is 14.2. The van der Waals surface area contributed by atoms with Gasteiger partial charge in [-0.05, 0) is 40.8 Å². The summed E-state index contributed by atoms with van der Waals surface area (Å²) in [6.45, 7) is 6.05. The van der Waals surface area contributed by atoms with Gasteiger partial charge in [0.15, 0.2) is 0 Å². The number of likely N-dealkylation sites (N-methyl/N-ethyl adjacent to an activating group) is 1. The molecular weight excluding hydrogens is 300 g/mol. The number of aryl methyl sites for hydroxylation is 1. The highest BCUT2D eigenvalue weighted by Crippen LogP contribution is 2.16. The minimum Gasteiger partial charge on any atom is -0.341 e. The number of amides is 1. The van der Waals surface area contributed by atoms with Gasteiger partial charge < -0.3 is 14.4 Å². The van der Waals surface area contributed by atoms with Gasteiger partial charge in [-0.1, -0.05) is 0 Å². The lowest BCUT2D eigenvalue weighted by atomic mass is 10.0. The Hall–Kier alpha value is -1.07. The highest BCUT2D eigenvalue weighted by atomic mass is 35.5. The maximum atomic E-state index is 12.4. The molecule has 1 aromatic heterocycles. The van der Waals surface area contributed by atoms with Crippen LogP contribution in [0, 0.1) is 0 Å². The molecule has 5 nitrogen and oxygen atoms in total. The van der Waals surface area contributed by atoms with Crippen LogP contribution in [0.1, 0.15) is 45.0 Å². The largest absolute Gasteiger partial charge is 0.341 e. The molecule has 1 amide bonds. The van der Waals surface area contributed by atoms with Crippen molar-refractivity contribution in [2.24, 2.45) is 0 Å². The highest BCUT2D eigenvalue weighted by Gasteiger charge is 2.24. The van der Waals surface area contributed by atoms with Crippen LogP contribution in [0.3, 0.4) is 0 Å². The number of likely N-dealkylation sites (tertiary alicyclic amines) is 1. The van der Waals surface area contributed by atoms with E-state index in [1.165, 1.54) is 6.42 Å². The van der Waals surface area contributed by atoms with E-state index < -0.39 is 0 Å². The van der Waals surface area contributed by atoms with Crippen molar-refractivity contribution < 1.29 is 4.79 Å². The van der Waals surface area contributed by atoms with Gasteiger partial charge in [-0.25, -0.2) is 4.98 Å². The molecule has 1 aromatic rings. The van der Waals surface area contributed by atoms with Gasteiger partial charge in [-0.3, -0.25) is 4.79 Å². The first kappa shape index (κ1) is 19.0. The van der Waals surface area contributed by atoms with E-state index in [0.717, 1.165) is 31.8 Å². The maximum absolute atomic E-state index is 12.4. The van der Waals surface area contributed by atoms with E-state index >= 15 is 0 Å². The van der Waals surface area contributed by atoms with E-state index in [0.29, 0.717) is 18.5 Å². The van der Waals surface area contributed by atoms with Crippen LogP contribution in [0.2, 0.25) is 0 Å². The molecule has 1 aliphatic rings. The molecule has 0 aromatic carbocycles. The molecule has 0 N–H and O–H groups in total. The Morgan fingerprint density at radius 2 is 2.18 bits per heavy atom. The van der Waals surface area contributed by atoms with E-state index in [-0.39, 0.29) is 18.3 Å². The Morgan fingerprint density at radius 1 is 1.45 bits per heavy atom. The highest BCUT2D eigenvalue weighted by molar-refractivity contribution is 5.85. The molecule has 2 rings (SSSR count). The SMILES string of the molecule is CC(C)n1ccnc1CCC(=O)N1CCCC(N(C)C)C1.Cl. The predicted octanol–water partition coefficient (Wildman–Crippen LogP) is 2.37. The smallest absolute Gasteiger partial charge is 0.223 e. The number of rotatable bonds is 5. The molecule has 1 fully saturated rings. The normalized spacial score (nSPS) is 18.6. The second-order valence-electron chi connectivity index (χ2n) is 6.44. The molecular formula is C16H29ClN4O. The number of carbonyl (C=O) groups is 1. The Morgan fingerprint density at radius 3 is 2.82 bits per heavy atom. The zero-order chi connectivity index (χ0) is 15.4. The van der Waals surface area contributed by atoms with Crippen molar-refractivity contribution in [1.82, 2.24) is 19.4 Å². The quantitative estimate of drug-likeness (QED) is 0.833. The molecule has 0 bridgehead atoms. The van der Waals surface area contributed by atoms with Gasteiger partial charge in [-0.15, -0.1) is 12.4 Å². The van der Waals surface area contributed by atoms with Crippen molar-refractivity contribution in [3.05, 3.63) is 18.2 Å². The molecule has 0 saturated carbocycles. The van der Waals surface area contributed by atoms with Crippen molar-refractivity contribution in [2.45, 2.75) is 51.6 Å². The first-order chi connectivity index (χ1) is 9.99. The standard InChI is InChI=1S/C16H28N4O.ClH/c1-13(2)20-11-9-17-15(20)7-8-16(21)19-10-5-6-14(12-19)18(3)4;/h9,11,13-14H,5-8,10,12H2,1-4H3;1H. The van der Waals surface area contributed by atoms with Gasteiger partial charge in [0.05, 0.1) is 0 Å². The summed E-state index contributed by atoms with van der Waals surface area (Å²) in [5, 5.41) is 0. The van der Waals surface area contributed by atoms with Gasteiger partial charge in [0.25, 0.3) is 0 Å². The molecule has 22 heavy (non-hydrogen) atoms. The summed E-state index contributed by atoms with van der Waals surface area (Å²) in [5.74, 6) is 1.28. The molecule has 1 atom stereocenters. The van der Waals surface area contributed by atoms with E-state index in [4.69, 9.17) is 0 Å². The van der Waals surface area contributed by atoms with E-state index in [1.54, 1.807) is 0 Å². The lowest BCUT2D eigenvalue weighted by molar-refractivity contribution is -0.133. The topological polar surface area (TPSA) is 41.4 Å². The monoisotopic (exact) mass is 328 g/mol. The number of halogens is 1. The first-order valence-corrected chi connectivity index (χ1v) is 7.95. The van der Waals surface area contributed by atoms with Crippen molar-refractivity contribution >= 4 is 18.3 Å². The molecule has 0 aliphatic carbocycles. The van der Waals surface area contributed by atoms with Crippen LogP contribution in [0.4, 0.5) is 0 Å². The lowest BCUT2D eigenvalue weighted by Gasteiger charge is -2.36. The number of hydrogen-bond donors (Lipinski definition) is 0. The Bertz CT molecular complexity index is 472. The van der Waals surface area contributed by atoms with Crippen LogP contribution < -0.4 is 0 Å². The Kier molecular flexibility index (Phi) is 7.36. The van der Waals surface area contributed by atoms with Gasteiger partial charge in [-0.2, -0.15) is 0 Å². The van der Waals surface area contributed by atoms with Gasteiger partial charge in [0.2, 0.25) is 5.91 Å². The van der Waals surface area contributed by atoms with Crippen LogP contribution >= 0.6 is 12.4 Å². The molecule has 1 unspecified atom stereocenters. The third-order valence-electron chi connectivity index (χ3n) is 4.35. The van der Waals surface area contributed by atoms with Crippen molar-refractivity contribution in [1.29, 1.82) is 0 Å². The van der Waals surface area contributed by atoms with Crippen LogP contribution in [0.15, 0.2) is 12.4 Å². The minimum absolute atomic E-state index is 0. The fourth-order valence-corrected chi connectivity index (χ4v) is 2.99. The number of nitrogens with zero attached hydrogens (tertiary/aromatic N) is 4. The van der Waals surface area contributed by atoms with Crippen LogP contribution in [-0.4, -0.2) is 58.5 Å². The molecule has 2 heterocycles. The van der Waals surface area contributed by atoms with Gasteiger partial charge >= 0.3 is 0 Å². The van der Waals surface area contributed by atoms with Crippen LogP contribution in [0.25, 0.3) is 0 Å². The average Bonchev–Trinajstić information content (AvgIpc) is 2.93. The van der Waals surface area contributed by atoms with E-state index in [2.05, 4.69) is 42.4 Å². The van der Waals surface area contributed by atoms with Crippen molar-refractivity contribution in [2.75, 3.05) is 27.2 Å². The second kappa shape index (κ2) is 8.53. The summed E-state index contributed by atoms with van der Waals surface area (Å²) in [4.78, 5) is 21.0. The Labute approximate surface area is 140 Å². The number of aromatic nitrogens is 2. The minimum atomic E-state index is 0. The van der Waals surface area contributed by atoms with Gasteiger partial charge in [0.1, 0.15) is 5.82 Å². The maximum Gasteiger partial charge on any atom is 0.223 e. The zero-order valence-corrected chi connectivity index (χ0v) is 15.0. The first-order valence-electron chi connectivity index (χ1n) is 7.95.